The van der Waals surface area contributed by atoms with Crippen molar-refractivity contribution in [2.45, 2.75) is 59.2 Å². The maximum absolute atomic E-state index is 5.95. The number of rotatable bonds is 3. The van der Waals surface area contributed by atoms with Crippen LogP contribution >= 0.6 is 0 Å². The van der Waals surface area contributed by atoms with Crippen LogP contribution in [0.1, 0.15) is 47.1 Å². The third-order valence-corrected chi connectivity index (χ3v) is 3.80. The normalized spacial score (nSPS) is 21.8. The summed E-state index contributed by atoms with van der Waals surface area (Å²) in [4.78, 5) is 0. The van der Waals surface area contributed by atoms with Crippen LogP contribution in [0.4, 0.5) is 0 Å². The summed E-state index contributed by atoms with van der Waals surface area (Å²) < 4.78 is 17.5. The average molecular weight is 250 g/mol. The minimum atomic E-state index is -0.393. The Balaban J connectivity index is 2.12. The standard InChI is InChI=1S/C14H23BO3/c1-10(2)7-11-8-12(16-9-11)15-17-13(3,4)14(5,6)18-15/h8-10H,7H2,1-6H3. The molecule has 2 heterocycles. The second-order valence-corrected chi connectivity index (χ2v) is 6.54. The summed E-state index contributed by atoms with van der Waals surface area (Å²) >= 11 is 0. The molecule has 1 aromatic heterocycles. The first-order chi connectivity index (χ1) is 8.21. The van der Waals surface area contributed by atoms with Crippen molar-refractivity contribution in [3.8, 4) is 0 Å². The predicted octanol–water partition coefficient (Wildman–Crippen LogP) is 2.78. The molecule has 2 rings (SSSR count). The zero-order valence-electron chi connectivity index (χ0n) is 12.2. The molecule has 0 aromatic carbocycles. The predicted molar refractivity (Wildman–Crippen MR) is 73.0 cm³/mol. The van der Waals surface area contributed by atoms with Crippen molar-refractivity contribution in [1.29, 1.82) is 0 Å². The lowest BCUT2D eigenvalue weighted by atomic mass is 9.85. The van der Waals surface area contributed by atoms with Crippen LogP contribution in [0, 0.1) is 5.92 Å². The molecule has 0 amide bonds. The van der Waals surface area contributed by atoms with E-state index in [0.29, 0.717) is 5.92 Å². The molecule has 1 aliphatic rings. The van der Waals surface area contributed by atoms with Gasteiger partial charge in [0.1, 0.15) is 5.66 Å². The molecule has 1 aromatic rings. The number of hydrogen-bond donors (Lipinski definition) is 0. The van der Waals surface area contributed by atoms with Crippen molar-refractivity contribution in [1.82, 2.24) is 0 Å². The van der Waals surface area contributed by atoms with Gasteiger partial charge in [-0.25, -0.2) is 0 Å². The lowest BCUT2D eigenvalue weighted by Gasteiger charge is -2.32. The van der Waals surface area contributed by atoms with Gasteiger partial charge < -0.3 is 13.7 Å². The van der Waals surface area contributed by atoms with Gasteiger partial charge in [-0.1, -0.05) is 13.8 Å². The van der Waals surface area contributed by atoms with Crippen molar-refractivity contribution >= 4 is 12.8 Å². The molecule has 18 heavy (non-hydrogen) atoms. The van der Waals surface area contributed by atoms with E-state index in [-0.39, 0.29) is 11.2 Å². The summed E-state index contributed by atoms with van der Waals surface area (Å²) in [6, 6.07) is 2.04. The number of hydrogen-bond acceptors (Lipinski definition) is 3. The maximum atomic E-state index is 5.95. The fraction of sp³-hybridized carbons (Fsp3) is 0.714. The second-order valence-electron chi connectivity index (χ2n) is 6.54. The Morgan fingerprint density at radius 1 is 1.11 bits per heavy atom. The molecule has 0 atom stereocenters. The van der Waals surface area contributed by atoms with Crippen LogP contribution in [0.5, 0.6) is 0 Å². The van der Waals surface area contributed by atoms with Crippen LogP contribution < -0.4 is 5.66 Å². The summed E-state index contributed by atoms with van der Waals surface area (Å²) in [5.74, 6) is 0.619. The smallest absolute Gasteiger partial charge is 0.473 e. The highest BCUT2D eigenvalue weighted by Crippen LogP contribution is 2.36. The van der Waals surface area contributed by atoms with Gasteiger partial charge >= 0.3 is 7.12 Å². The Morgan fingerprint density at radius 3 is 2.17 bits per heavy atom. The molecule has 0 spiro atoms. The first kappa shape index (κ1) is 13.7. The van der Waals surface area contributed by atoms with Crippen molar-refractivity contribution in [3.05, 3.63) is 17.9 Å². The van der Waals surface area contributed by atoms with Crippen LogP contribution in [0.15, 0.2) is 16.7 Å². The minimum absolute atomic E-state index is 0.317. The summed E-state index contributed by atoms with van der Waals surface area (Å²) in [5, 5.41) is 0. The van der Waals surface area contributed by atoms with Gasteiger partial charge in [0.15, 0.2) is 0 Å². The molecule has 1 saturated heterocycles. The van der Waals surface area contributed by atoms with Gasteiger partial charge in [-0.05, 0) is 51.7 Å². The molecule has 3 nitrogen and oxygen atoms in total. The lowest BCUT2D eigenvalue weighted by molar-refractivity contribution is 0.00578. The lowest BCUT2D eigenvalue weighted by Crippen LogP contribution is -2.41. The molecule has 4 heteroatoms. The van der Waals surface area contributed by atoms with E-state index in [1.165, 1.54) is 5.56 Å². The van der Waals surface area contributed by atoms with Crippen LogP contribution in [0.3, 0.4) is 0 Å². The Hall–Kier alpha value is -0.735. The van der Waals surface area contributed by atoms with E-state index in [2.05, 4.69) is 13.8 Å². The van der Waals surface area contributed by atoms with Crippen molar-refractivity contribution in [2.24, 2.45) is 5.92 Å². The highest BCUT2D eigenvalue weighted by Gasteiger charge is 2.53. The Labute approximate surface area is 110 Å². The molecule has 1 fully saturated rings. The Kier molecular flexibility index (Phi) is 3.37. The quantitative estimate of drug-likeness (QED) is 0.773. The highest BCUT2D eigenvalue weighted by molar-refractivity contribution is 6.60. The van der Waals surface area contributed by atoms with E-state index < -0.39 is 7.12 Å². The molecule has 100 valence electrons. The van der Waals surface area contributed by atoms with Crippen molar-refractivity contribution in [3.63, 3.8) is 0 Å². The van der Waals surface area contributed by atoms with Gasteiger partial charge in [0.25, 0.3) is 0 Å². The highest BCUT2D eigenvalue weighted by atomic mass is 16.7. The zero-order chi connectivity index (χ0) is 13.6. The molecular formula is C14H23BO3. The molecule has 0 saturated carbocycles. The van der Waals surface area contributed by atoms with Gasteiger partial charge in [0.05, 0.1) is 17.5 Å². The molecule has 0 N–H and O–H groups in total. The van der Waals surface area contributed by atoms with E-state index >= 15 is 0 Å². The summed E-state index contributed by atoms with van der Waals surface area (Å²) in [6.45, 7) is 12.6. The summed E-state index contributed by atoms with van der Waals surface area (Å²) in [7, 11) is -0.393. The molecule has 0 radical (unpaired) electrons. The number of furan rings is 1. The van der Waals surface area contributed by atoms with Gasteiger partial charge in [0.2, 0.25) is 0 Å². The topological polar surface area (TPSA) is 31.6 Å². The molecule has 0 bridgehead atoms. The van der Waals surface area contributed by atoms with E-state index in [4.69, 9.17) is 13.7 Å². The summed E-state index contributed by atoms with van der Waals surface area (Å²) in [6.07, 6.45) is 2.82. The van der Waals surface area contributed by atoms with Gasteiger partial charge in [-0.2, -0.15) is 0 Å². The average Bonchev–Trinajstić information content (AvgIpc) is 2.70. The SMILES string of the molecule is CC(C)Cc1coc(B2OC(C)(C)C(C)(C)O2)c1. The molecule has 1 aliphatic heterocycles. The summed E-state index contributed by atoms with van der Waals surface area (Å²) in [5.41, 5.74) is 1.34. The first-order valence-electron chi connectivity index (χ1n) is 6.64. The van der Waals surface area contributed by atoms with Crippen LogP contribution in [-0.2, 0) is 15.7 Å². The zero-order valence-corrected chi connectivity index (χ0v) is 12.2. The second kappa shape index (κ2) is 4.43. The van der Waals surface area contributed by atoms with Crippen LogP contribution in [0.25, 0.3) is 0 Å². The van der Waals surface area contributed by atoms with Gasteiger partial charge in [0, 0.05) is 0 Å². The monoisotopic (exact) mass is 250 g/mol. The van der Waals surface area contributed by atoms with E-state index in [1.54, 1.807) is 6.26 Å². The Bertz CT molecular complexity index is 404. The van der Waals surface area contributed by atoms with Crippen LogP contribution in [-0.4, -0.2) is 18.3 Å². The van der Waals surface area contributed by atoms with E-state index in [0.717, 1.165) is 12.1 Å². The van der Waals surface area contributed by atoms with Crippen molar-refractivity contribution in [2.75, 3.05) is 0 Å². The first-order valence-corrected chi connectivity index (χ1v) is 6.64. The van der Waals surface area contributed by atoms with Crippen molar-refractivity contribution < 1.29 is 13.7 Å². The molecule has 0 unspecified atom stereocenters. The van der Waals surface area contributed by atoms with E-state index in [1.807, 2.05) is 33.8 Å². The van der Waals surface area contributed by atoms with Gasteiger partial charge in [-0.15, -0.1) is 0 Å². The minimum Gasteiger partial charge on any atom is -0.473 e. The van der Waals surface area contributed by atoms with Crippen LogP contribution in [0.2, 0.25) is 0 Å². The Morgan fingerprint density at radius 2 is 1.67 bits per heavy atom. The van der Waals surface area contributed by atoms with E-state index in [9.17, 15) is 0 Å². The molecule has 0 aliphatic carbocycles. The largest absolute Gasteiger partial charge is 0.532 e. The fourth-order valence-corrected chi connectivity index (χ4v) is 2.06. The third kappa shape index (κ3) is 2.50. The molecular weight excluding hydrogens is 227 g/mol. The maximum Gasteiger partial charge on any atom is 0.532 e. The third-order valence-electron chi connectivity index (χ3n) is 3.80. The fourth-order valence-electron chi connectivity index (χ4n) is 2.06. The van der Waals surface area contributed by atoms with Gasteiger partial charge in [-0.3, -0.25) is 0 Å².